The molecule has 5 N–H and O–H groups in total. The summed E-state index contributed by atoms with van der Waals surface area (Å²) in [5.41, 5.74) is 6.61. The number of nitrogens with one attached hydrogen (secondary N) is 5. The average molecular weight is 1400 g/mol. The van der Waals surface area contributed by atoms with Gasteiger partial charge in [0.1, 0.15) is 46.4 Å². The fourth-order valence-electron chi connectivity index (χ4n) is 9.77. The number of amides is 3. The molecule has 3 amide bonds. The number of likely N-dealkylation sites (tertiary alicyclic amines) is 1. The second-order valence-electron chi connectivity index (χ2n) is 22.2. The highest BCUT2D eigenvalue weighted by atomic mass is 35.5. The maximum Gasteiger partial charge on any atom is 0.573 e. The molecule has 0 spiro atoms. The van der Waals surface area contributed by atoms with Crippen molar-refractivity contribution in [3.8, 4) is 17.2 Å². The lowest BCUT2D eigenvalue weighted by atomic mass is 9.97. The number of hydrogen-bond donors (Lipinski definition) is 5. The molecular formula is C73H63Cl3F3N11O9. The number of hydrogen-bond acceptors (Lipinski definition) is 15. The van der Waals surface area contributed by atoms with E-state index in [9.17, 15) is 41.9 Å². The van der Waals surface area contributed by atoms with Crippen LogP contribution in [0.5, 0.6) is 17.2 Å². The van der Waals surface area contributed by atoms with Gasteiger partial charge in [-0.15, -0.1) is 13.2 Å². The maximum atomic E-state index is 13.0. The molecule has 2 aliphatic rings. The van der Waals surface area contributed by atoms with Gasteiger partial charge in [-0.1, -0.05) is 126 Å². The Kier molecular flexibility index (Phi) is 24.2. The van der Waals surface area contributed by atoms with Crippen molar-refractivity contribution in [1.82, 2.24) is 24.8 Å². The van der Waals surface area contributed by atoms with E-state index in [0.29, 0.717) is 94.4 Å². The first-order chi connectivity index (χ1) is 47.4. The molecule has 2 aliphatic heterocycles. The number of ketones is 3. The van der Waals surface area contributed by atoms with E-state index in [1.165, 1.54) is 51.0 Å². The van der Waals surface area contributed by atoms with E-state index in [0.717, 1.165) is 61.6 Å². The number of aliphatic imine (C=N–C) groups is 1. The SMILES string of the molecule is CN=C(C)c1ccc(C(=O)Cc2ccc(OC)cc2C(=O)Nc2ccc(Cl)cn2)cc1.COc1ccc(CC(=O)c2ccc(C(=N)N3CCC3)cc2)c(C(=O)Nc2ccc(Cl)cn2)c1.N=C(c1ccc(C(=O)Cc2ccc(OC(F)(F)F)cc2C(=O)Nc2ccc(Cl)cn2)cc1)N1CC1. The van der Waals surface area contributed by atoms with E-state index in [2.05, 4.69) is 40.6 Å². The monoisotopic (exact) mass is 1400 g/mol. The van der Waals surface area contributed by atoms with Gasteiger partial charge in [0.2, 0.25) is 0 Å². The van der Waals surface area contributed by atoms with Crippen molar-refractivity contribution in [1.29, 1.82) is 10.8 Å². The third-order valence-electron chi connectivity index (χ3n) is 15.5. The third kappa shape index (κ3) is 20.2. The van der Waals surface area contributed by atoms with Crippen molar-refractivity contribution in [2.45, 2.75) is 39.0 Å². The van der Waals surface area contributed by atoms with Crippen molar-refractivity contribution in [2.24, 2.45) is 4.99 Å². The molecule has 0 bridgehead atoms. The number of anilines is 3. The van der Waals surface area contributed by atoms with Crippen LogP contribution in [0.1, 0.15) is 109 Å². The number of pyridine rings is 3. The van der Waals surface area contributed by atoms with E-state index in [1.54, 1.807) is 128 Å². The lowest BCUT2D eigenvalue weighted by Gasteiger charge is -2.33. The van der Waals surface area contributed by atoms with Crippen molar-refractivity contribution < 1.29 is 56.1 Å². The standard InChI is InChI=1S/C25H23ClN4O3.C24H18ClF3N4O3.C24H22ClN3O3/c1-33-20-9-7-18(21(14-20)25(32)29-23-10-8-19(26)15-28-23)13-22(31)16-3-5-17(6-4-16)24(27)30-11-2-12-30;25-17-6-8-21(30-13-17)31-23(34)19-12-18(35-24(26,27)28)7-5-16(19)11-20(33)14-1-3-15(4-2-14)22(29)32-9-10-32;1-15(26-2)16-4-6-17(7-5-16)22(29)12-18-8-10-20(31-3)13-21(18)24(30)28-23-11-9-19(25)14-27-23/h3-10,14-15,27H,2,11-13H2,1H3,(H,28,29,32);1-8,12-13,29H,9-11H2,(H,30,31,34);4-11,13-14H,12H2,1-3H3,(H,27,28,30). The molecule has 5 heterocycles. The molecule has 0 atom stereocenters. The van der Waals surface area contributed by atoms with Crippen molar-refractivity contribution >= 4 is 105 Å². The number of nitrogens with zero attached hydrogens (tertiary/aromatic N) is 6. The minimum atomic E-state index is -4.95. The summed E-state index contributed by atoms with van der Waals surface area (Å²) < 4.78 is 52.6. The molecule has 2 fully saturated rings. The summed E-state index contributed by atoms with van der Waals surface area (Å²) in [5.74, 6) is -0.00111. The second-order valence-corrected chi connectivity index (χ2v) is 23.5. The first-order valence-electron chi connectivity index (χ1n) is 30.5. The number of rotatable bonds is 21. The topological polar surface area (TPSA) is 271 Å². The van der Waals surface area contributed by atoms with E-state index >= 15 is 0 Å². The van der Waals surface area contributed by atoms with Crippen LogP contribution in [0.2, 0.25) is 15.1 Å². The van der Waals surface area contributed by atoms with Gasteiger partial charge in [0, 0.05) is 121 Å². The number of methoxy groups -OCH3 is 2. The van der Waals surface area contributed by atoms with Crippen LogP contribution < -0.4 is 30.2 Å². The average Bonchev–Trinajstić information content (AvgIpc) is 1.59. The molecule has 506 valence electrons. The highest BCUT2D eigenvalue weighted by molar-refractivity contribution is 6.31. The third-order valence-corrected chi connectivity index (χ3v) is 16.2. The highest BCUT2D eigenvalue weighted by Crippen LogP contribution is 2.29. The maximum absolute atomic E-state index is 13.0. The number of alkyl halides is 3. The van der Waals surface area contributed by atoms with Crippen LogP contribution in [0.3, 0.4) is 0 Å². The summed E-state index contributed by atoms with van der Waals surface area (Å²) >= 11 is 17.5. The molecular weight excluding hydrogens is 1340 g/mol. The fraction of sp³-hybridized carbons (Fsp3) is 0.178. The Hall–Kier alpha value is -11.1. The van der Waals surface area contributed by atoms with E-state index in [1.807, 2.05) is 28.9 Å². The number of ether oxygens (including phenoxy) is 3. The molecule has 20 nitrogen and oxygen atoms in total. The minimum Gasteiger partial charge on any atom is -0.497 e. The molecule has 3 aromatic heterocycles. The van der Waals surface area contributed by atoms with Crippen LogP contribution >= 0.6 is 34.8 Å². The van der Waals surface area contributed by atoms with Crippen molar-refractivity contribution in [3.63, 3.8) is 0 Å². The zero-order valence-corrected chi connectivity index (χ0v) is 55.9. The van der Waals surface area contributed by atoms with Gasteiger partial charge in [-0.2, -0.15) is 0 Å². The Morgan fingerprint density at radius 2 is 0.778 bits per heavy atom. The largest absolute Gasteiger partial charge is 0.573 e. The predicted octanol–water partition coefficient (Wildman–Crippen LogP) is 14.3. The van der Waals surface area contributed by atoms with Gasteiger partial charge in [0.25, 0.3) is 17.7 Å². The summed E-state index contributed by atoms with van der Waals surface area (Å²) in [7, 11) is 4.76. The van der Waals surface area contributed by atoms with Gasteiger partial charge < -0.3 is 40.0 Å². The second kappa shape index (κ2) is 33.2. The lowest BCUT2D eigenvalue weighted by Crippen LogP contribution is -2.42. The first kappa shape index (κ1) is 72.1. The van der Waals surface area contributed by atoms with Crippen LogP contribution in [0.15, 0.2) is 187 Å². The fourth-order valence-corrected chi connectivity index (χ4v) is 10.1. The number of carbonyl (C=O) groups excluding carboxylic acids is 6. The van der Waals surface area contributed by atoms with Gasteiger partial charge in [-0.3, -0.25) is 44.6 Å². The normalized spacial score (nSPS) is 12.2. The minimum absolute atomic E-state index is 0.0453. The molecule has 26 heteroatoms. The van der Waals surface area contributed by atoms with Crippen LogP contribution in [-0.2, 0) is 19.3 Å². The zero-order chi connectivity index (χ0) is 70.9. The highest BCUT2D eigenvalue weighted by Gasteiger charge is 2.32. The van der Waals surface area contributed by atoms with Gasteiger partial charge in [-0.05, 0) is 108 Å². The Bertz CT molecular complexity index is 4500. The summed E-state index contributed by atoms with van der Waals surface area (Å²) in [6.45, 7) is 5.35. The van der Waals surface area contributed by atoms with Gasteiger partial charge in [0.15, 0.2) is 17.3 Å². The van der Waals surface area contributed by atoms with E-state index in [4.69, 9.17) is 55.1 Å². The van der Waals surface area contributed by atoms with Crippen LogP contribution in [0.25, 0.3) is 0 Å². The zero-order valence-electron chi connectivity index (χ0n) is 53.6. The number of carbonyl (C=O) groups is 6. The molecule has 9 aromatic rings. The molecule has 0 aliphatic carbocycles. The number of halogens is 6. The molecule has 11 rings (SSSR count). The Morgan fingerprint density at radius 3 is 1.06 bits per heavy atom. The Labute approximate surface area is 582 Å². The number of amidine groups is 2. The lowest BCUT2D eigenvalue weighted by molar-refractivity contribution is -0.274. The van der Waals surface area contributed by atoms with Gasteiger partial charge in [-0.25, -0.2) is 15.0 Å². The smallest absolute Gasteiger partial charge is 0.497 e. The number of aromatic nitrogens is 3. The van der Waals surface area contributed by atoms with Crippen molar-refractivity contribution in [3.05, 3.63) is 264 Å². The molecule has 0 unspecified atom stereocenters. The molecule has 99 heavy (non-hydrogen) atoms. The number of benzene rings is 6. The Morgan fingerprint density at radius 1 is 0.465 bits per heavy atom. The summed E-state index contributed by atoms with van der Waals surface area (Å²) in [4.78, 5) is 97.6. The molecule has 2 saturated heterocycles. The summed E-state index contributed by atoms with van der Waals surface area (Å²) in [6.07, 6.45) is 0.214. The molecule has 0 radical (unpaired) electrons. The van der Waals surface area contributed by atoms with Gasteiger partial charge in [0.05, 0.1) is 29.3 Å². The van der Waals surface area contributed by atoms with Crippen molar-refractivity contribution in [2.75, 3.05) is 63.4 Å². The quantitative estimate of drug-likeness (QED) is 0.0194. The number of Topliss-reactive ketones (excluding diaryl/α,β-unsaturated/α-hetero) is 3. The van der Waals surface area contributed by atoms with E-state index < -0.39 is 23.9 Å². The van der Waals surface area contributed by atoms with Gasteiger partial charge >= 0.3 is 6.36 Å². The molecule has 6 aromatic carbocycles. The molecule has 0 saturated carbocycles. The van der Waals surface area contributed by atoms with Crippen LogP contribution in [-0.4, -0.2) is 131 Å². The summed E-state index contributed by atoms with van der Waals surface area (Å²) in [6, 6.07) is 43.5. The summed E-state index contributed by atoms with van der Waals surface area (Å²) in [5, 5.41) is 25.5. The predicted molar refractivity (Wildman–Crippen MR) is 374 cm³/mol. The Balaban J connectivity index is 0.000000174. The van der Waals surface area contributed by atoms with Crippen LogP contribution in [0, 0.1) is 10.8 Å². The van der Waals surface area contributed by atoms with E-state index in [-0.39, 0.29) is 59.5 Å². The van der Waals surface area contributed by atoms with Crippen LogP contribution in [0.4, 0.5) is 30.6 Å². The first-order valence-corrected chi connectivity index (χ1v) is 31.6.